The van der Waals surface area contributed by atoms with Gasteiger partial charge in [-0.3, -0.25) is 9.59 Å². The molecule has 17 heavy (non-hydrogen) atoms. The minimum absolute atomic E-state index is 0.141. The normalized spacial score (nSPS) is 19.7. The molecular weight excluding hydrogens is 218 g/mol. The number of rotatable bonds is 4. The van der Waals surface area contributed by atoms with Crippen LogP contribution in [0.5, 0.6) is 0 Å². The summed E-state index contributed by atoms with van der Waals surface area (Å²) in [6.45, 7) is 5.63. The lowest BCUT2D eigenvalue weighted by Crippen LogP contribution is -2.46. The van der Waals surface area contributed by atoms with Crippen LogP contribution in [0.25, 0.3) is 0 Å². The van der Waals surface area contributed by atoms with Crippen LogP contribution in [0, 0.1) is 10.8 Å². The molecule has 0 saturated heterocycles. The zero-order chi connectivity index (χ0) is 13.1. The Balaban J connectivity index is 2.50. The third-order valence-electron chi connectivity index (χ3n) is 3.84. The van der Waals surface area contributed by atoms with E-state index in [1.807, 2.05) is 0 Å². The number of amides is 1. The summed E-state index contributed by atoms with van der Waals surface area (Å²) < 4.78 is 0. The van der Waals surface area contributed by atoms with Gasteiger partial charge in [0.2, 0.25) is 5.91 Å². The van der Waals surface area contributed by atoms with E-state index in [0.29, 0.717) is 6.54 Å². The number of carbonyl (C=O) groups is 2. The molecule has 0 atom stereocenters. The fourth-order valence-electron chi connectivity index (χ4n) is 2.19. The molecule has 4 heteroatoms. The fourth-order valence-corrected chi connectivity index (χ4v) is 2.19. The van der Waals surface area contributed by atoms with Crippen molar-refractivity contribution in [2.45, 2.75) is 52.9 Å². The van der Waals surface area contributed by atoms with E-state index in [4.69, 9.17) is 5.11 Å². The van der Waals surface area contributed by atoms with Crippen LogP contribution in [-0.4, -0.2) is 23.5 Å². The Morgan fingerprint density at radius 3 is 2.24 bits per heavy atom. The molecule has 98 valence electrons. The molecule has 1 saturated carbocycles. The van der Waals surface area contributed by atoms with E-state index in [2.05, 4.69) is 12.2 Å². The number of carboxylic acids is 1. The van der Waals surface area contributed by atoms with Gasteiger partial charge in [-0.05, 0) is 32.1 Å². The molecule has 0 aromatic carbocycles. The van der Waals surface area contributed by atoms with Crippen LogP contribution in [-0.2, 0) is 9.59 Å². The molecule has 0 radical (unpaired) electrons. The quantitative estimate of drug-likeness (QED) is 0.741. The van der Waals surface area contributed by atoms with Crippen molar-refractivity contribution in [3.63, 3.8) is 0 Å². The Morgan fingerprint density at radius 1 is 1.24 bits per heavy atom. The summed E-state index contributed by atoms with van der Waals surface area (Å²) in [5.41, 5.74) is -1.20. The second kappa shape index (κ2) is 5.07. The van der Waals surface area contributed by atoms with Crippen LogP contribution in [0.1, 0.15) is 52.9 Å². The van der Waals surface area contributed by atoms with Crippen LogP contribution in [0.15, 0.2) is 0 Å². The number of carbonyl (C=O) groups excluding carboxylic acids is 1. The van der Waals surface area contributed by atoms with E-state index in [-0.39, 0.29) is 5.41 Å². The van der Waals surface area contributed by atoms with Gasteiger partial charge >= 0.3 is 5.97 Å². The van der Waals surface area contributed by atoms with Crippen LogP contribution >= 0.6 is 0 Å². The van der Waals surface area contributed by atoms with Gasteiger partial charge in [0.1, 0.15) is 5.41 Å². The number of hydrogen-bond donors (Lipinski definition) is 2. The molecule has 0 aromatic heterocycles. The highest BCUT2D eigenvalue weighted by Gasteiger charge is 2.37. The molecular formula is C13H23NO3. The number of carboxylic acid groups (broad SMARTS) is 1. The summed E-state index contributed by atoms with van der Waals surface area (Å²) in [6.07, 6.45) is 5.90. The topological polar surface area (TPSA) is 66.4 Å². The third-order valence-corrected chi connectivity index (χ3v) is 3.84. The lowest BCUT2D eigenvalue weighted by atomic mass is 9.75. The van der Waals surface area contributed by atoms with Crippen molar-refractivity contribution in [1.29, 1.82) is 0 Å². The Bertz CT molecular complexity index is 304. The highest BCUT2D eigenvalue weighted by Crippen LogP contribution is 2.35. The van der Waals surface area contributed by atoms with E-state index in [9.17, 15) is 9.59 Å². The molecule has 1 fully saturated rings. The minimum Gasteiger partial charge on any atom is -0.480 e. The first-order valence-corrected chi connectivity index (χ1v) is 6.30. The minimum atomic E-state index is -1.34. The van der Waals surface area contributed by atoms with Gasteiger partial charge in [-0.2, -0.15) is 0 Å². The van der Waals surface area contributed by atoms with Gasteiger partial charge in [-0.15, -0.1) is 0 Å². The summed E-state index contributed by atoms with van der Waals surface area (Å²) in [7, 11) is 0. The SMILES string of the molecule is CC1(CNC(=O)C(C)(C)C(=O)O)CCCCC1. The highest BCUT2D eigenvalue weighted by atomic mass is 16.4. The average molecular weight is 241 g/mol. The Hall–Kier alpha value is -1.06. The monoisotopic (exact) mass is 241 g/mol. The molecule has 1 aliphatic rings. The standard InChI is InChI=1S/C13H23NO3/c1-12(2,11(16)17)10(15)14-9-13(3)7-5-4-6-8-13/h4-9H2,1-3H3,(H,14,15)(H,16,17). The Labute approximate surface area is 103 Å². The summed E-state index contributed by atoms with van der Waals surface area (Å²) >= 11 is 0. The molecule has 0 aliphatic heterocycles. The van der Waals surface area contributed by atoms with Gasteiger partial charge in [-0.1, -0.05) is 26.2 Å². The van der Waals surface area contributed by atoms with Gasteiger partial charge < -0.3 is 10.4 Å². The maximum absolute atomic E-state index is 11.8. The maximum Gasteiger partial charge on any atom is 0.318 e. The second-order valence-electron chi connectivity index (χ2n) is 5.98. The molecule has 4 nitrogen and oxygen atoms in total. The molecule has 1 amide bonds. The molecule has 1 rings (SSSR count). The van der Waals surface area contributed by atoms with E-state index >= 15 is 0 Å². The predicted octanol–water partition coefficient (Wildman–Crippen LogP) is 2.18. The van der Waals surface area contributed by atoms with Crippen molar-refractivity contribution in [2.75, 3.05) is 6.54 Å². The van der Waals surface area contributed by atoms with E-state index in [0.717, 1.165) is 12.8 Å². The van der Waals surface area contributed by atoms with Gasteiger partial charge in [0.25, 0.3) is 0 Å². The molecule has 0 spiro atoms. The Kier molecular flexibility index (Phi) is 4.17. The summed E-state index contributed by atoms with van der Waals surface area (Å²) in [4.78, 5) is 22.7. The lowest BCUT2D eigenvalue weighted by Gasteiger charge is -2.34. The Morgan fingerprint density at radius 2 is 1.76 bits per heavy atom. The average Bonchev–Trinajstić information content (AvgIpc) is 2.26. The molecule has 1 aliphatic carbocycles. The van der Waals surface area contributed by atoms with Gasteiger partial charge in [0, 0.05) is 6.54 Å². The summed E-state index contributed by atoms with van der Waals surface area (Å²) in [5.74, 6) is -1.47. The third kappa shape index (κ3) is 3.45. The maximum atomic E-state index is 11.8. The number of nitrogens with one attached hydrogen (secondary N) is 1. The van der Waals surface area contributed by atoms with E-state index in [1.54, 1.807) is 0 Å². The first-order valence-electron chi connectivity index (χ1n) is 6.30. The zero-order valence-electron chi connectivity index (χ0n) is 11.0. The van der Waals surface area contributed by atoms with Gasteiger partial charge in [-0.25, -0.2) is 0 Å². The van der Waals surface area contributed by atoms with Crippen molar-refractivity contribution >= 4 is 11.9 Å². The molecule has 0 bridgehead atoms. The van der Waals surface area contributed by atoms with Crippen LogP contribution in [0.3, 0.4) is 0 Å². The first kappa shape index (κ1) is 14.0. The van der Waals surface area contributed by atoms with Crippen molar-refractivity contribution < 1.29 is 14.7 Å². The molecule has 0 unspecified atom stereocenters. The second-order valence-corrected chi connectivity index (χ2v) is 5.98. The molecule has 2 N–H and O–H groups in total. The predicted molar refractivity (Wildman–Crippen MR) is 65.6 cm³/mol. The van der Waals surface area contributed by atoms with Crippen LogP contribution in [0.4, 0.5) is 0 Å². The van der Waals surface area contributed by atoms with E-state index in [1.165, 1.54) is 33.1 Å². The molecule has 0 aromatic rings. The van der Waals surface area contributed by atoms with Crippen molar-refractivity contribution in [3.05, 3.63) is 0 Å². The number of hydrogen-bond acceptors (Lipinski definition) is 2. The summed E-state index contributed by atoms with van der Waals surface area (Å²) in [5, 5.41) is 11.7. The largest absolute Gasteiger partial charge is 0.480 e. The van der Waals surface area contributed by atoms with E-state index < -0.39 is 17.3 Å². The first-order chi connectivity index (χ1) is 7.78. The molecule has 0 heterocycles. The smallest absolute Gasteiger partial charge is 0.318 e. The van der Waals surface area contributed by atoms with Gasteiger partial charge in [0.15, 0.2) is 0 Å². The van der Waals surface area contributed by atoms with Crippen molar-refractivity contribution in [2.24, 2.45) is 10.8 Å². The highest BCUT2D eigenvalue weighted by molar-refractivity contribution is 6.00. The van der Waals surface area contributed by atoms with Crippen molar-refractivity contribution in [1.82, 2.24) is 5.32 Å². The van der Waals surface area contributed by atoms with Crippen LogP contribution in [0.2, 0.25) is 0 Å². The fraction of sp³-hybridized carbons (Fsp3) is 0.846. The zero-order valence-corrected chi connectivity index (χ0v) is 11.0. The van der Waals surface area contributed by atoms with Gasteiger partial charge in [0.05, 0.1) is 0 Å². The van der Waals surface area contributed by atoms with Crippen LogP contribution < -0.4 is 5.32 Å². The number of aliphatic carboxylic acids is 1. The summed E-state index contributed by atoms with van der Waals surface area (Å²) in [6, 6.07) is 0. The van der Waals surface area contributed by atoms with Crippen molar-refractivity contribution in [3.8, 4) is 0 Å². The lowest BCUT2D eigenvalue weighted by molar-refractivity contribution is -0.153.